The Labute approximate surface area is 103 Å². The lowest BCUT2D eigenvalue weighted by molar-refractivity contribution is -0.141. The van der Waals surface area contributed by atoms with Gasteiger partial charge in [-0.2, -0.15) is 0 Å². The van der Waals surface area contributed by atoms with Crippen molar-refractivity contribution in [2.75, 3.05) is 0 Å². The number of aromatic nitrogens is 3. The highest BCUT2D eigenvalue weighted by Gasteiger charge is 2.15. The van der Waals surface area contributed by atoms with Crippen LogP contribution in [-0.2, 0) is 11.2 Å². The van der Waals surface area contributed by atoms with Crippen LogP contribution in [0.15, 0.2) is 30.5 Å². The Bertz CT molecular complexity index is 551. The topological polar surface area (TPSA) is 68.0 Å². The summed E-state index contributed by atoms with van der Waals surface area (Å²) in [6.07, 6.45) is 1.84. The Morgan fingerprint density at radius 1 is 1.44 bits per heavy atom. The first-order valence-electron chi connectivity index (χ1n) is 5.46. The van der Waals surface area contributed by atoms with Gasteiger partial charge in [-0.1, -0.05) is 12.1 Å². The summed E-state index contributed by atoms with van der Waals surface area (Å²) in [4.78, 5) is 10.8. The van der Waals surface area contributed by atoms with Gasteiger partial charge in [-0.15, -0.1) is 5.10 Å². The van der Waals surface area contributed by atoms with Crippen LogP contribution in [0.2, 0.25) is 0 Å². The molecule has 1 aromatic heterocycles. The predicted molar refractivity (Wildman–Crippen MR) is 61.8 cm³/mol. The highest BCUT2D eigenvalue weighted by Crippen LogP contribution is 2.13. The van der Waals surface area contributed by atoms with Gasteiger partial charge in [0.25, 0.3) is 0 Å². The number of carbonyl (C=O) groups is 1. The molecule has 0 saturated heterocycles. The number of halogens is 1. The first-order valence-corrected chi connectivity index (χ1v) is 5.46. The van der Waals surface area contributed by atoms with Gasteiger partial charge in [0.15, 0.2) is 0 Å². The lowest BCUT2D eigenvalue weighted by Crippen LogP contribution is -2.15. The summed E-state index contributed by atoms with van der Waals surface area (Å²) in [5.41, 5.74) is 1.33. The zero-order valence-corrected chi connectivity index (χ0v) is 9.75. The van der Waals surface area contributed by atoms with Gasteiger partial charge in [0.2, 0.25) is 0 Å². The average molecular weight is 249 g/mol. The van der Waals surface area contributed by atoms with Crippen molar-refractivity contribution in [3.8, 4) is 5.69 Å². The molecule has 1 N–H and O–H groups in total. The van der Waals surface area contributed by atoms with Crippen LogP contribution in [0.1, 0.15) is 12.6 Å². The second-order valence-electron chi connectivity index (χ2n) is 4.06. The van der Waals surface area contributed by atoms with Crippen LogP contribution in [0, 0.1) is 11.7 Å². The third-order valence-electron chi connectivity index (χ3n) is 2.63. The molecule has 0 fully saturated rings. The third kappa shape index (κ3) is 2.53. The van der Waals surface area contributed by atoms with E-state index in [0.717, 1.165) is 0 Å². The first-order chi connectivity index (χ1) is 8.58. The molecule has 1 atom stereocenters. The summed E-state index contributed by atoms with van der Waals surface area (Å²) in [5, 5.41) is 16.5. The highest BCUT2D eigenvalue weighted by molar-refractivity contribution is 5.69. The number of hydrogen-bond acceptors (Lipinski definition) is 3. The van der Waals surface area contributed by atoms with Gasteiger partial charge < -0.3 is 5.11 Å². The van der Waals surface area contributed by atoms with E-state index in [9.17, 15) is 9.18 Å². The molecule has 0 radical (unpaired) electrons. The average Bonchev–Trinajstić information content (AvgIpc) is 2.78. The Morgan fingerprint density at radius 2 is 2.11 bits per heavy atom. The largest absolute Gasteiger partial charge is 0.481 e. The van der Waals surface area contributed by atoms with E-state index < -0.39 is 11.9 Å². The number of nitrogens with zero attached hydrogens (tertiary/aromatic N) is 3. The number of benzene rings is 1. The van der Waals surface area contributed by atoms with Crippen molar-refractivity contribution in [3.05, 3.63) is 42.0 Å². The normalized spacial score (nSPS) is 12.3. The molecule has 1 unspecified atom stereocenters. The molecule has 18 heavy (non-hydrogen) atoms. The van der Waals surface area contributed by atoms with Crippen molar-refractivity contribution >= 4 is 5.97 Å². The van der Waals surface area contributed by atoms with Crippen LogP contribution in [-0.4, -0.2) is 26.1 Å². The lowest BCUT2D eigenvalue weighted by atomic mass is 10.1. The Morgan fingerprint density at radius 3 is 2.72 bits per heavy atom. The number of hydrogen-bond donors (Lipinski definition) is 1. The van der Waals surface area contributed by atoms with Gasteiger partial charge >= 0.3 is 5.97 Å². The van der Waals surface area contributed by atoms with E-state index >= 15 is 0 Å². The Kier molecular flexibility index (Phi) is 3.36. The maximum absolute atomic E-state index is 12.8. The summed E-state index contributed by atoms with van der Waals surface area (Å²) in [6, 6.07) is 5.78. The van der Waals surface area contributed by atoms with Crippen LogP contribution in [0.25, 0.3) is 5.69 Å². The van der Waals surface area contributed by atoms with Crippen LogP contribution in [0.4, 0.5) is 4.39 Å². The minimum absolute atomic E-state index is 0.319. The minimum Gasteiger partial charge on any atom is -0.481 e. The summed E-state index contributed by atoms with van der Waals surface area (Å²) >= 11 is 0. The fourth-order valence-electron chi connectivity index (χ4n) is 1.60. The van der Waals surface area contributed by atoms with Crippen molar-refractivity contribution in [2.45, 2.75) is 13.3 Å². The molecule has 94 valence electrons. The molecule has 0 spiro atoms. The van der Waals surface area contributed by atoms with Gasteiger partial charge in [0, 0.05) is 6.42 Å². The predicted octanol–water partition coefficient (Wildman–Crippen LogP) is 1.67. The van der Waals surface area contributed by atoms with Gasteiger partial charge in [0.05, 0.1) is 23.5 Å². The summed E-state index contributed by atoms with van der Waals surface area (Å²) in [6.45, 7) is 1.62. The molecule has 6 heteroatoms. The summed E-state index contributed by atoms with van der Waals surface area (Å²) < 4.78 is 14.3. The van der Waals surface area contributed by atoms with E-state index in [0.29, 0.717) is 17.8 Å². The third-order valence-corrected chi connectivity index (χ3v) is 2.63. The molecule has 2 aromatic rings. The monoisotopic (exact) mass is 249 g/mol. The van der Waals surface area contributed by atoms with Crippen LogP contribution in [0.5, 0.6) is 0 Å². The summed E-state index contributed by atoms with van der Waals surface area (Å²) in [7, 11) is 0. The molecule has 1 aromatic carbocycles. The second-order valence-corrected chi connectivity index (χ2v) is 4.06. The molecule has 0 bridgehead atoms. The fourth-order valence-corrected chi connectivity index (χ4v) is 1.60. The van der Waals surface area contributed by atoms with E-state index in [1.807, 2.05) is 0 Å². The molecule has 0 aliphatic carbocycles. The van der Waals surface area contributed by atoms with Crippen molar-refractivity contribution in [1.82, 2.24) is 15.0 Å². The number of carboxylic acids is 1. The lowest BCUT2D eigenvalue weighted by Gasteiger charge is -2.08. The molecule has 0 aliphatic rings. The molecule has 1 heterocycles. The molecule has 5 nitrogen and oxygen atoms in total. The molecule has 0 saturated carbocycles. The maximum Gasteiger partial charge on any atom is 0.306 e. The van der Waals surface area contributed by atoms with Gasteiger partial charge in [-0.25, -0.2) is 9.07 Å². The Hall–Kier alpha value is -2.24. The van der Waals surface area contributed by atoms with Crippen LogP contribution in [0.3, 0.4) is 0 Å². The zero-order chi connectivity index (χ0) is 13.1. The van der Waals surface area contributed by atoms with Crippen LogP contribution >= 0.6 is 0 Å². The van der Waals surface area contributed by atoms with E-state index in [1.165, 1.54) is 23.0 Å². The molecular weight excluding hydrogens is 237 g/mol. The second kappa shape index (κ2) is 4.95. The molecule has 0 amide bonds. The Balaban J connectivity index is 2.27. The van der Waals surface area contributed by atoms with Gasteiger partial charge in [-0.3, -0.25) is 4.79 Å². The molecular formula is C12H12FN3O2. The van der Waals surface area contributed by atoms with E-state index in [-0.39, 0.29) is 5.82 Å². The van der Waals surface area contributed by atoms with Crippen molar-refractivity contribution in [2.24, 2.45) is 5.92 Å². The smallest absolute Gasteiger partial charge is 0.306 e. The van der Waals surface area contributed by atoms with E-state index in [1.54, 1.807) is 19.1 Å². The zero-order valence-electron chi connectivity index (χ0n) is 9.75. The number of rotatable bonds is 4. The SMILES string of the molecule is CC(Cc1cnnn1-c1ccc(F)cc1)C(=O)O. The van der Waals surface area contributed by atoms with Crippen LogP contribution < -0.4 is 0 Å². The number of carboxylic acid groups (broad SMARTS) is 1. The fraction of sp³-hybridized carbons (Fsp3) is 0.250. The minimum atomic E-state index is -0.873. The van der Waals surface area contributed by atoms with Gasteiger partial charge in [-0.05, 0) is 24.3 Å². The quantitative estimate of drug-likeness (QED) is 0.894. The van der Waals surface area contributed by atoms with E-state index in [2.05, 4.69) is 10.3 Å². The van der Waals surface area contributed by atoms with Gasteiger partial charge in [0.1, 0.15) is 5.82 Å². The summed E-state index contributed by atoms with van der Waals surface area (Å²) in [5.74, 6) is -1.73. The highest BCUT2D eigenvalue weighted by atomic mass is 19.1. The van der Waals surface area contributed by atoms with Crippen molar-refractivity contribution < 1.29 is 14.3 Å². The molecule has 2 rings (SSSR count). The standard InChI is InChI=1S/C12H12FN3O2/c1-8(12(17)18)6-11-7-14-15-16(11)10-4-2-9(13)3-5-10/h2-5,7-8H,6H2,1H3,(H,17,18). The first kappa shape index (κ1) is 12.2. The number of aliphatic carboxylic acids is 1. The molecule has 0 aliphatic heterocycles. The van der Waals surface area contributed by atoms with Crippen molar-refractivity contribution in [1.29, 1.82) is 0 Å². The maximum atomic E-state index is 12.8. The van der Waals surface area contributed by atoms with Crippen molar-refractivity contribution in [3.63, 3.8) is 0 Å². The van der Waals surface area contributed by atoms with E-state index in [4.69, 9.17) is 5.11 Å².